The van der Waals surface area contributed by atoms with Crippen LogP contribution in [0.2, 0.25) is 0 Å². The summed E-state index contributed by atoms with van der Waals surface area (Å²) in [6, 6.07) is 4.58. The number of fused-ring (bicyclic) bond motifs is 2. The first-order valence-corrected chi connectivity index (χ1v) is 5.78. The molecule has 0 aromatic carbocycles. The van der Waals surface area contributed by atoms with E-state index in [4.69, 9.17) is 0 Å². The Bertz CT molecular complexity index is 381. The van der Waals surface area contributed by atoms with Crippen LogP contribution in [0.15, 0.2) is 24.5 Å². The Morgan fingerprint density at radius 3 is 2.50 bits per heavy atom. The Hall–Kier alpha value is -1.42. The Balaban J connectivity index is 1.76. The fraction of sp³-hybridized carbons (Fsp3) is 0.500. The van der Waals surface area contributed by atoms with Crippen molar-refractivity contribution in [2.75, 3.05) is 13.1 Å². The lowest BCUT2D eigenvalue weighted by molar-refractivity contribution is 0.0697. The lowest BCUT2D eigenvalue weighted by Crippen LogP contribution is -2.53. The number of piperazine rings is 1. The van der Waals surface area contributed by atoms with Crippen molar-refractivity contribution in [1.82, 2.24) is 15.2 Å². The van der Waals surface area contributed by atoms with Crippen molar-refractivity contribution < 1.29 is 4.79 Å². The van der Waals surface area contributed by atoms with Crippen molar-refractivity contribution in [3.05, 3.63) is 30.1 Å². The van der Waals surface area contributed by atoms with E-state index in [1.165, 1.54) is 12.8 Å². The highest BCUT2D eigenvalue weighted by molar-refractivity contribution is 5.94. The van der Waals surface area contributed by atoms with E-state index in [9.17, 15) is 4.79 Å². The summed E-state index contributed by atoms with van der Waals surface area (Å²) in [6.07, 6.45) is 5.74. The number of nitrogens with zero attached hydrogens (tertiary/aromatic N) is 2. The Kier molecular flexibility index (Phi) is 2.36. The second kappa shape index (κ2) is 3.87. The third kappa shape index (κ3) is 1.69. The number of hydrogen-bond donors (Lipinski definition) is 1. The minimum Gasteiger partial charge on any atom is -0.336 e. The molecule has 0 spiro atoms. The Labute approximate surface area is 94.7 Å². The van der Waals surface area contributed by atoms with Crippen LogP contribution < -0.4 is 5.32 Å². The summed E-state index contributed by atoms with van der Waals surface area (Å²) in [7, 11) is 0. The SMILES string of the molecule is O=C(c1ccncc1)N1CC2CCC(C1)N2. The Morgan fingerprint density at radius 2 is 1.88 bits per heavy atom. The van der Waals surface area contributed by atoms with Crippen LogP contribution in [0.4, 0.5) is 0 Å². The fourth-order valence-electron chi connectivity index (χ4n) is 2.64. The van der Waals surface area contributed by atoms with Gasteiger partial charge in [-0.15, -0.1) is 0 Å². The number of carbonyl (C=O) groups is 1. The topological polar surface area (TPSA) is 45.2 Å². The molecular weight excluding hydrogens is 202 g/mol. The van der Waals surface area contributed by atoms with Gasteiger partial charge in [0.2, 0.25) is 0 Å². The van der Waals surface area contributed by atoms with E-state index >= 15 is 0 Å². The van der Waals surface area contributed by atoms with Gasteiger partial charge in [0.15, 0.2) is 0 Å². The summed E-state index contributed by atoms with van der Waals surface area (Å²) in [5, 5.41) is 3.52. The summed E-state index contributed by atoms with van der Waals surface area (Å²) in [5.41, 5.74) is 0.747. The monoisotopic (exact) mass is 217 g/mol. The third-order valence-corrected chi connectivity index (χ3v) is 3.43. The standard InChI is InChI=1S/C12H15N3O/c16-12(9-3-5-13-6-4-9)15-7-10-1-2-11(8-15)14-10/h3-6,10-11,14H,1-2,7-8H2. The maximum atomic E-state index is 12.2. The van der Waals surface area contributed by atoms with Crippen molar-refractivity contribution in [2.45, 2.75) is 24.9 Å². The van der Waals surface area contributed by atoms with E-state index in [-0.39, 0.29) is 5.91 Å². The number of aromatic nitrogens is 1. The van der Waals surface area contributed by atoms with Crippen LogP contribution in [0.1, 0.15) is 23.2 Å². The Morgan fingerprint density at radius 1 is 1.25 bits per heavy atom. The zero-order chi connectivity index (χ0) is 11.0. The number of rotatable bonds is 1. The summed E-state index contributed by atoms with van der Waals surface area (Å²) >= 11 is 0. The molecule has 3 rings (SSSR count). The molecule has 2 unspecified atom stereocenters. The first-order valence-electron chi connectivity index (χ1n) is 5.78. The van der Waals surface area contributed by atoms with Gasteiger partial charge < -0.3 is 10.2 Å². The van der Waals surface area contributed by atoms with Gasteiger partial charge >= 0.3 is 0 Å². The minimum absolute atomic E-state index is 0.140. The molecule has 2 fully saturated rings. The van der Waals surface area contributed by atoms with Crippen LogP contribution in [-0.2, 0) is 0 Å². The van der Waals surface area contributed by atoms with Gasteiger partial charge in [0.25, 0.3) is 5.91 Å². The molecule has 4 heteroatoms. The molecular formula is C12H15N3O. The molecule has 1 aromatic rings. The minimum atomic E-state index is 0.140. The van der Waals surface area contributed by atoms with Crippen LogP contribution >= 0.6 is 0 Å². The van der Waals surface area contributed by atoms with Crippen molar-refractivity contribution in [3.63, 3.8) is 0 Å². The van der Waals surface area contributed by atoms with Gasteiger partial charge in [-0.2, -0.15) is 0 Å². The highest BCUT2D eigenvalue weighted by Gasteiger charge is 2.34. The molecule has 84 valence electrons. The summed E-state index contributed by atoms with van der Waals surface area (Å²) in [5.74, 6) is 0.140. The molecule has 0 radical (unpaired) electrons. The van der Waals surface area contributed by atoms with Crippen molar-refractivity contribution >= 4 is 5.91 Å². The van der Waals surface area contributed by atoms with Crippen LogP contribution in [0.25, 0.3) is 0 Å². The number of carbonyl (C=O) groups excluding carboxylic acids is 1. The molecule has 2 atom stereocenters. The summed E-state index contributed by atoms with van der Waals surface area (Å²) < 4.78 is 0. The van der Waals surface area contributed by atoms with E-state index in [0.717, 1.165) is 18.7 Å². The highest BCUT2D eigenvalue weighted by Crippen LogP contribution is 2.21. The molecule has 4 nitrogen and oxygen atoms in total. The molecule has 0 saturated carbocycles. The molecule has 1 N–H and O–H groups in total. The second-order valence-electron chi connectivity index (χ2n) is 4.58. The molecule has 2 aliphatic heterocycles. The van der Waals surface area contributed by atoms with E-state index in [0.29, 0.717) is 12.1 Å². The smallest absolute Gasteiger partial charge is 0.254 e. The lowest BCUT2D eigenvalue weighted by Gasteiger charge is -2.32. The van der Waals surface area contributed by atoms with Crippen LogP contribution in [0, 0.1) is 0 Å². The van der Waals surface area contributed by atoms with Crippen molar-refractivity contribution in [3.8, 4) is 0 Å². The average Bonchev–Trinajstić information content (AvgIpc) is 2.68. The van der Waals surface area contributed by atoms with Gasteiger partial charge in [-0.1, -0.05) is 0 Å². The molecule has 16 heavy (non-hydrogen) atoms. The zero-order valence-corrected chi connectivity index (χ0v) is 9.10. The molecule has 3 heterocycles. The van der Waals surface area contributed by atoms with Gasteiger partial charge in [-0.3, -0.25) is 9.78 Å². The van der Waals surface area contributed by atoms with Crippen molar-refractivity contribution in [2.24, 2.45) is 0 Å². The number of likely N-dealkylation sites (tertiary alicyclic amines) is 1. The van der Waals surface area contributed by atoms with Gasteiger partial charge in [-0.05, 0) is 25.0 Å². The number of amides is 1. The molecule has 2 aliphatic rings. The molecule has 2 saturated heterocycles. The quantitative estimate of drug-likeness (QED) is 0.751. The van der Waals surface area contributed by atoms with Crippen LogP contribution in [0.5, 0.6) is 0 Å². The van der Waals surface area contributed by atoms with Gasteiger partial charge in [0.1, 0.15) is 0 Å². The van der Waals surface area contributed by atoms with Gasteiger partial charge in [0, 0.05) is 43.1 Å². The van der Waals surface area contributed by atoms with Crippen LogP contribution in [-0.4, -0.2) is 41.0 Å². The summed E-state index contributed by atoms with van der Waals surface area (Å²) in [4.78, 5) is 18.1. The predicted molar refractivity (Wildman–Crippen MR) is 60.1 cm³/mol. The average molecular weight is 217 g/mol. The number of hydrogen-bond acceptors (Lipinski definition) is 3. The third-order valence-electron chi connectivity index (χ3n) is 3.43. The highest BCUT2D eigenvalue weighted by atomic mass is 16.2. The van der Waals surface area contributed by atoms with Gasteiger partial charge in [-0.25, -0.2) is 0 Å². The molecule has 1 amide bonds. The predicted octanol–water partition coefficient (Wildman–Crippen LogP) is 0.658. The second-order valence-corrected chi connectivity index (χ2v) is 4.58. The van der Waals surface area contributed by atoms with E-state index < -0.39 is 0 Å². The zero-order valence-electron chi connectivity index (χ0n) is 9.10. The maximum Gasteiger partial charge on any atom is 0.254 e. The summed E-state index contributed by atoms with van der Waals surface area (Å²) in [6.45, 7) is 1.69. The van der Waals surface area contributed by atoms with Crippen molar-refractivity contribution in [1.29, 1.82) is 0 Å². The first-order chi connectivity index (χ1) is 7.83. The first kappa shape index (κ1) is 9.78. The van der Waals surface area contributed by atoms with Gasteiger partial charge in [0.05, 0.1) is 0 Å². The lowest BCUT2D eigenvalue weighted by atomic mass is 10.2. The molecule has 0 aliphatic carbocycles. The molecule has 1 aromatic heterocycles. The maximum absolute atomic E-state index is 12.2. The largest absolute Gasteiger partial charge is 0.336 e. The number of pyridine rings is 1. The normalized spacial score (nSPS) is 28.1. The van der Waals surface area contributed by atoms with E-state index in [1.54, 1.807) is 24.5 Å². The van der Waals surface area contributed by atoms with Crippen LogP contribution in [0.3, 0.4) is 0 Å². The fourth-order valence-corrected chi connectivity index (χ4v) is 2.64. The number of nitrogens with one attached hydrogen (secondary N) is 1. The van der Waals surface area contributed by atoms with E-state index in [2.05, 4.69) is 10.3 Å². The molecule has 2 bridgehead atoms. The van der Waals surface area contributed by atoms with E-state index in [1.807, 2.05) is 4.90 Å².